The maximum absolute atomic E-state index is 11.8. The number of carbonyl (C=O) groups is 1. The number of phenolic OH excluding ortho intramolecular Hbond substituents is 1. The predicted molar refractivity (Wildman–Crippen MR) is 95.5 cm³/mol. The Morgan fingerprint density at radius 2 is 1.88 bits per heavy atom. The Kier molecular flexibility index (Phi) is 6.38. The standard InChI is InChI=1S/C20H25NO3/c1-14(2)21-12-11-17(15-7-5-4-6-8-15)18-13-16(20(23)24-3)9-10-19(18)22/h4-10,13-14,17,21-22H,11-12H2,1-3H3. The van der Waals surface area contributed by atoms with E-state index in [1.54, 1.807) is 18.2 Å². The molecular weight excluding hydrogens is 302 g/mol. The van der Waals surface area contributed by atoms with Gasteiger partial charge in [-0.15, -0.1) is 0 Å². The summed E-state index contributed by atoms with van der Waals surface area (Å²) in [6, 6.07) is 15.3. The summed E-state index contributed by atoms with van der Waals surface area (Å²) in [4.78, 5) is 11.8. The van der Waals surface area contributed by atoms with Crippen LogP contribution in [-0.2, 0) is 4.74 Å². The number of carbonyl (C=O) groups excluding carboxylic acids is 1. The van der Waals surface area contributed by atoms with Gasteiger partial charge in [0.2, 0.25) is 0 Å². The third-order valence-corrected chi connectivity index (χ3v) is 4.01. The minimum Gasteiger partial charge on any atom is -0.508 e. The van der Waals surface area contributed by atoms with Crippen molar-refractivity contribution in [2.24, 2.45) is 0 Å². The molecule has 0 aliphatic rings. The van der Waals surface area contributed by atoms with Crippen molar-refractivity contribution in [3.8, 4) is 5.75 Å². The molecule has 2 aromatic carbocycles. The summed E-state index contributed by atoms with van der Waals surface area (Å²) in [5.74, 6) is -0.202. The van der Waals surface area contributed by atoms with Crippen LogP contribution in [-0.4, -0.2) is 30.8 Å². The van der Waals surface area contributed by atoms with Crippen LogP contribution in [0.1, 0.15) is 47.7 Å². The number of methoxy groups -OCH3 is 1. The first-order valence-corrected chi connectivity index (χ1v) is 8.22. The van der Waals surface area contributed by atoms with Crippen LogP contribution in [0.5, 0.6) is 5.75 Å². The number of nitrogens with one attached hydrogen (secondary N) is 1. The maximum Gasteiger partial charge on any atom is 0.337 e. The van der Waals surface area contributed by atoms with Crippen molar-refractivity contribution >= 4 is 5.97 Å². The SMILES string of the molecule is COC(=O)c1ccc(O)c(C(CCNC(C)C)c2ccccc2)c1. The van der Waals surface area contributed by atoms with Crippen LogP contribution in [0.4, 0.5) is 0 Å². The molecule has 0 spiro atoms. The Hall–Kier alpha value is -2.33. The Balaban J connectivity index is 2.37. The normalized spacial score (nSPS) is 12.2. The number of hydrogen-bond donors (Lipinski definition) is 2. The molecule has 128 valence electrons. The molecule has 2 rings (SSSR count). The summed E-state index contributed by atoms with van der Waals surface area (Å²) in [5, 5.41) is 13.8. The Morgan fingerprint density at radius 3 is 2.50 bits per heavy atom. The number of ether oxygens (including phenoxy) is 1. The van der Waals surface area contributed by atoms with Gasteiger partial charge in [-0.1, -0.05) is 44.2 Å². The number of phenols is 1. The summed E-state index contributed by atoms with van der Waals surface area (Å²) in [6.07, 6.45) is 0.820. The van der Waals surface area contributed by atoms with E-state index in [4.69, 9.17) is 4.74 Å². The summed E-state index contributed by atoms with van der Waals surface area (Å²) in [7, 11) is 1.36. The molecule has 4 heteroatoms. The summed E-state index contributed by atoms with van der Waals surface area (Å²) in [5.41, 5.74) is 2.30. The lowest BCUT2D eigenvalue weighted by atomic mass is 9.87. The number of hydrogen-bond acceptors (Lipinski definition) is 4. The molecule has 0 aromatic heterocycles. The van der Waals surface area contributed by atoms with Gasteiger partial charge in [-0.05, 0) is 36.7 Å². The zero-order chi connectivity index (χ0) is 17.5. The van der Waals surface area contributed by atoms with E-state index in [-0.39, 0.29) is 11.7 Å². The average Bonchev–Trinajstić information content (AvgIpc) is 2.59. The van der Waals surface area contributed by atoms with E-state index in [1.807, 2.05) is 30.3 Å². The van der Waals surface area contributed by atoms with Crippen molar-refractivity contribution in [3.63, 3.8) is 0 Å². The Bertz CT molecular complexity index is 668. The molecule has 0 heterocycles. The number of aromatic hydroxyl groups is 1. The lowest BCUT2D eigenvalue weighted by Crippen LogP contribution is -2.25. The zero-order valence-electron chi connectivity index (χ0n) is 14.5. The monoisotopic (exact) mass is 327 g/mol. The Morgan fingerprint density at radius 1 is 1.17 bits per heavy atom. The van der Waals surface area contributed by atoms with Crippen LogP contribution >= 0.6 is 0 Å². The Labute approximate surface area is 143 Å². The molecule has 1 unspecified atom stereocenters. The molecule has 1 atom stereocenters. The second kappa shape index (κ2) is 8.50. The zero-order valence-corrected chi connectivity index (χ0v) is 14.5. The molecule has 0 bridgehead atoms. The van der Waals surface area contributed by atoms with Crippen molar-refractivity contribution in [2.75, 3.05) is 13.7 Å². The topological polar surface area (TPSA) is 58.6 Å². The molecule has 0 radical (unpaired) electrons. The smallest absolute Gasteiger partial charge is 0.337 e. The van der Waals surface area contributed by atoms with Gasteiger partial charge in [0.05, 0.1) is 12.7 Å². The van der Waals surface area contributed by atoms with Gasteiger partial charge < -0.3 is 15.2 Å². The maximum atomic E-state index is 11.8. The van der Waals surface area contributed by atoms with Crippen LogP contribution in [0, 0.1) is 0 Å². The molecule has 0 aliphatic heterocycles. The summed E-state index contributed by atoms with van der Waals surface area (Å²) < 4.78 is 4.80. The fraction of sp³-hybridized carbons (Fsp3) is 0.350. The predicted octanol–water partition coefficient (Wildman–Crippen LogP) is 3.70. The number of esters is 1. The van der Waals surface area contributed by atoms with E-state index in [1.165, 1.54) is 7.11 Å². The van der Waals surface area contributed by atoms with Crippen LogP contribution in [0.25, 0.3) is 0 Å². The number of rotatable bonds is 7. The fourth-order valence-corrected chi connectivity index (χ4v) is 2.78. The lowest BCUT2D eigenvalue weighted by molar-refractivity contribution is 0.0600. The molecule has 4 nitrogen and oxygen atoms in total. The molecule has 2 aromatic rings. The van der Waals surface area contributed by atoms with E-state index < -0.39 is 5.97 Å². The fourth-order valence-electron chi connectivity index (χ4n) is 2.78. The summed E-state index contributed by atoms with van der Waals surface area (Å²) in [6.45, 7) is 5.03. The van der Waals surface area contributed by atoms with Crippen molar-refractivity contribution in [1.82, 2.24) is 5.32 Å². The van der Waals surface area contributed by atoms with Gasteiger partial charge in [-0.25, -0.2) is 4.79 Å². The van der Waals surface area contributed by atoms with Gasteiger partial charge in [-0.2, -0.15) is 0 Å². The second-order valence-corrected chi connectivity index (χ2v) is 6.13. The first kappa shape index (κ1) is 18.0. The van der Waals surface area contributed by atoms with Gasteiger partial charge in [0.25, 0.3) is 0 Å². The van der Waals surface area contributed by atoms with Gasteiger partial charge >= 0.3 is 5.97 Å². The van der Waals surface area contributed by atoms with Crippen molar-refractivity contribution in [2.45, 2.75) is 32.2 Å². The molecule has 2 N–H and O–H groups in total. The third kappa shape index (κ3) is 4.59. The highest BCUT2D eigenvalue weighted by Crippen LogP contribution is 2.34. The molecule has 0 fully saturated rings. The highest BCUT2D eigenvalue weighted by atomic mass is 16.5. The van der Waals surface area contributed by atoms with E-state index in [9.17, 15) is 9.90 Å². The first-order chi connectivity index (χ1) is 11.5. The van der Waals surface area contributed by atoms with Crippen LogP contribution in [0.15, 0.2) is 48.5 Å². The van der Waals surface area contributed by atoms with Gasteiger partial charge in [0.15, 0.2) is 0 Å². The largest absolute Gasteiger partial charge is 0.508 e. The van der Waals surface area contributed by atoms with Crippen LogP contribution in [0.3, 0.4) is 0 Å². The molecule has 24 heavy (non-hydrogen) atoms. The molecule has 0 saturated carbocycles. The van der Waals surface area contributed by atoms with Gasteiger partial charge in [0, 0.05) is 17.5 Å². The summed E-state index contributed by atoms with van der Waals surface area (Å²) >= 11 is 0. The lowest BCUT2D eigenvalue weighted by Gasteiger charge is -2.21. The van der Waals surface area contributed by atoms with E-state index >= 15 is 0 Å². The van der Waals surface area contributed by atoms with Crippen molar-refractivity contribution < 1.29 is 14.6 Å². The number of benzene rings is 2. The third-order valence-electron chi connectivity index (χ3n) is 4.01. The van der Waals surface area contributed by atoms with E-state index in [0.717, 1.165) is 24.1 Å². The van der Waals surface area contributed by atoms with Crippen molar-refractivity contribution in [1.29, 1.82) is 0 Å². The second-order valence-electron chi connectivity index (χ2n) is 6.13. The quantitative estimate of drug-likeness (QED) is 0.761. The highest BCUT2D eigenvalue weighted by Gasteiger charge is 2.19. The first-order valence-electron chi connectivity index (χ1n) is 8.22. The molecule has 0 amide bonds. The minimum atomic E-state index is -0.400. The van der Waals surface area contributed by atoms with Crippen LogP contribution < -0.4 is 5.32 Å². The van der Waals surface area contributed by atoms with E-state index in [2.05, 4.69) is 19.2 Å². The van der Waals surface area contributed by atoms with Crippen LogP contribution in [0.2, 0.25) is 0 Å². The van der Waals surface area contributed by atoms with Gasteiger partial charge in [-0.3, -0.25) is 0 Å². The van der Waals surface area contributed by atoms with Gasteiger partial charge in [0.1, 0.15) is 5.75 Å². The van der Waals surface area contributed by atoms with E-state index in [0.29, 0.717) is 11.6 Å². The van der Waals surface area contributed by atoms with Crippen molar-refractivity contribution in [3.05, 3.63) is 65.2 Å². The molecule has 0 aliphatic carbocycles. The average molecular weight is 327 g/mol. The highest BCUT2D eigenvalue weighted by molar-refractivity contribution is 5.89. The molecular formula is C20H25NO3. The molecule has 0 saturated heterocycles. The minimum absolute atomic E-state index is 0.00190.